The SMILES string of the molecule is O=C(O)C(=O)O.c1ccc(C2CCCN(CCOC(c3ccccc3)c3ccccc3)C2)cc1. The zero-order valence-electron chi connectivity index (χ0n) is 19.1. The number of carbonyl (C=O) groups is 2. The molecular weight excluding hydrogens is 430 g/mol. The molecule has 1 aliphatic heterocycles. The molecule has 0 radical (unpaired) electrons. The van der Waals surface area contributed by atoms with Crippen LogP contribution < -0.4 is 0 Å². The zero-order valence-corrected chi connectivity index (χ0v) is 19.1. The van der Waals surface area contributed by atoms with Gasteiger partial charge < -0.3 is 19.8 Å². The highest BCUT2D eigenvalue weighted by Gasteiger charge is 2.21. The van der Waals surface area contributed by atoms with Gasteiger partial charge in [-0.1, -0.05) is 91.0 Å². The second-order valence-electron chi connectivity index (χ2n) is 8.23. The highest BCUT2D eigenvalue weighted by atomic mass is 16.5. The van der Waals surface area contributed by atoms with Gasteiger partial charge in [0.05, 0.1) is 6.61 Å². The molecule has 2 N–H and O–H groups in total. The van der Waals surface area contributed by atoms with E-state index >= 15 is 0 Å². The van der Waals surface area contributed by atoms with Crippen molar-refractivity contribution >= 4 is 11.9 Å². The maximum absolute atomic E-state index is 9.10. The lowest BCUT2D eigenvalue weighted by atomic mass is 9.91. The van der Waals surface area contributed by atoms with E-state index in [1.807, 2.05) is 0 Å². The lowest BCUT2D eigenvalue weighted by molar-refractivity contribution is -0.159. The van der Waals surface area contributed by atoms with Gasteiger partial charge in [-0.05, 0) is 42.0 Å². The molecule has 178 valence electrons. The molecule has 1 unspecified atom stereocenters. The molecule has 0 aromatic heterocycles. The highest BCUT2D eigenvalue weighted by molar-refractivity contribution is 6.27. The molecule has 6 heteroatoms. The topological polar surface area (TPSA) is 87.1 Å². The van der Waals surface area contributed by atoms with Gasteiger partial charge in [-0.15, -0.1) is 0 Å². The third-order valence-corrected chi connectivity index (χ3v) is 5.86. The van der Waals surface area contributed by atoms with E-state index in [2.05, 4.69) is 95.9 Å². The Balaban J connectivity index is 0.000000481. The summed E-state index contributed by atoms with van der Waals surface area (Å²) in [6, 6.07) is 32.0. The third kappa shape index (κ3) is 7.83. The van der Waals surface area contributed by atoms with Gasteiger partial charge in [0, 0.05) is 13.1 Å². The van der Waals surface area contributed by atoms with Crippen LogP contribution in [0.25, 0.3) is 0 Å². The summed E-state index contributed by atoms with van der Waals surface area (Å²) in [6.45, 7) is 4.04. The molecule has 4 rings (SSSR count). The van der Waals surface area contributed by atoms with Crippen molar-refractivity contribution in [3.05, 3.63) is 108 Å². The standard InChI is InChI=1S/C26H29NO.C2H2O4/c1-4-11-22(12-5-1)25-17-10-18-27(21-25)19-20-28-26(23-13-6-2-7-14-23)24-15-8-3-9-16-24;3-1(4)2(5)6/h1-9,11-16,25-26H,10,17-21H2;(H,3,4)(H,5,6). The van der Waals surface area contributed by atoms with Gasteiger partial charge in [-0.25, -0.2) is 9.59 Å². The Kier molecular flexibility index (Phi) is 9.82. The molecule has 3 aromatic rings. The molecule has 0 saturated carbocycles. The van der Waals surface area contributed by atoms with E-state index in [0.29, 0.717) is 5.92 Å². The minimum Gasteiger partial charge on any atom is -0.473 e. The molecule has 1 heterocycles. The van der Waals surface area contributed by atoms with Crippen molar-refractivity contribution < 1.29 is 24.5 Å². The van der Waals surface area contributed by atoms with Crippen LogP contribution in [-0.4, -0.2) is 53.3 Å². The van der Waals surface area contributed by atoms with Crippen LogP contribution in [0.5, 0.6) is 0 Å². The summed E-state index contributed by atoms with van der Waals surface area (Å²) in [6.07, 6.45) is 2.55. The predicted octanol–water partition coefficient (Wildman–Crippen LogP) is 4.83. The quantitative estimate of drug-likeness (QED) is 0.490. The molecule has 1 aliphatic rings. The zero-order chi connectivity index (χ0) is 24.2. The van der Waals surface area contributed by atoms with Crippen LogP contribution in [0.1, 0.15) is 41.6 Å². The van der Waals surface area contributed by atoms with Crippen LogP contribution in [0, 0.1) is 0 Å². The van der Waals surface area contributed by atoms with Crippen molar-refractivity contribution in [3.8, 4) is 0 Å². The number of aliphatic carboxylic acids is 2. The molecule has 3 aromatic carbocycles. The van der Waals surface area contributed by atoms with Crippen LogP contribution in [0.2, 0.25) is 0 Å². The first kappa shape index (κ1) is 25.1. The summed E-state index contributed by atoms with van der Waals surface area (Å²) in [5, 5.41) is 14.8. The molecule has 6 nitrogen and oxygen atoms in total. The summed E-state index contributed by atoms with van der Waals surface area (Å²) in [5.41, 5.74) is 3.91. The number of piperidine rings is 1. The van der Waals surface area contributed by atoms with E-state index in [1.54, 1.807) is 0 Å². The van der Waals surface area contributed by atoms with E-state index in [9.17, 15) is 0 Å². The fourth-order valence-electron chi connectivity index (χ4n) is 4.20. The molecule has 0 amide bonds. The number of carboxylic acids is 2. The van der Waals surface area contributed by atoms with Crippen LogP contribution >= 0.6 is 0 Å². The van der Waals surface area contributed by atoms with E-state index in [4.69, 9.17) is 24.5 Å². The van der Waals surface area contributed by atoms with Gasteiger partial charge in [-0.2, -0.15) is 0 Å². The third-order valence-electron chi connectivity index (χ3n) is 5.86. The number of carboxylic acid groups (broad SMARTS) is 2. The maximum Gasteiger partial charge on any atom is 0.414 e. The Labute approximate surface area is 200 Å². The van der Waals surface area contributed by atoms with Crippen LogP contribution in [0.4, 0.5) is 0 Å². The first-order chi connectivity index (χ1) is 16.5. The number of hydrogen-bond acceptors (Lipinski definition) is 4. The average Bonchev–Trinajstić information content (AvgIpc) is 2.89. The first-order valence-corrected chi connectivity index (χ1v) is 11.5. The van der Waals surface area contributed by atoms with Crippen molar-refractivity contribution in [3.63, 3.8) is 0 Å². The number of likely N-dealkylation sites (tertiary alicyclic amines) is 1. The number of nitrogens with zero attached hydrogens (tertiary/aromatic N) is 1. The van der Waals surface area contributed by atoms with Gasteiger partial charge in [0.1, 0.15) is 6.10 Å². The number of hydrogen-bond donors (Lipinski definition) is 2. The van der Waals surface area contributed by atoms with Crippen molar-refractivity contribution in [1.82, 2.24) is 4.90 Å². The van der Waals surface area contributed by atoms with Gasteiger partial charge in [0.25, 0.3) is 0 Å². The van der Waals surface area contributed by atoms with Gasteiger partial charge in [0.15, 0.2) is 0 Å². The Hall–Kier alpha value is -3.48. The molecular formula is C28H31NO5. The maximum atomic E-state index is 9.10. The minimum atomic E-state index is -1.82. The van der Waals surface area contributed by atoms with E-state index in [-0.39, 0.29) is 6.10 Å². The monoisotopic (exact) mass is 461 g/mol. The number of rotatable bonds is 7. The predicted molar refractivity (Wildman–Crippen MR) is 131 cm³/mol. The Morgan fingerprint density at radius 1 is 0.824 bits per heavy atom. The Bertz CT molecular complexity index is 959. The van der Waals surface area contributed by atoms with Crippen molar-refractivity contribution in [2.75, 3.05) is 26.2 Å². The summed E-state index contributed by atoms with van der Waals surface area (Å²) in [7, 11) is 0. The normalized spacial score (nSPS) is 15.9. The van der Waals surface area contributed by atoms with E-state index in [0.717, 1.165) is 19.7 Å². The number of benzene rings is 3. The largest absolute Gasteiger partial charge is 0.473 e. The molecule has 0 bridgehead atoms. The van der Waals surface area contributed by atoms with E-state index in [1.165, 1.54) is 36.1 Å². The van der Waals surface area contributed by atoms with Crippen LogP contribution in [0.15, 0.2) is 91.0 Å². The molecule has 1 atom stereocenters. The van der Waals surface area contributed by atoms with Gasteiger partial charge in [0.2, 0.25) is 0 Å². The summed E-state index contributed by atoms with van der Waals surface area (Å²) in [4.78, 5) is 20.8. The lowest BCUT2D eigenvalue weighted by Gasteiger charge is -2.33. The first-order valence-electron chi connectivity index (χ1n) is 11.5. The summed E-state index contributed by atoms with van der Waals surface area (Å²) in [5.74, 6) is -3.00. The second-order valence-corrected chi connectivity index (χ2v) is 8.23. The second kappa shape index (κ2) is 13.3. The Morgan fingerprint density at radius 2 is 1.32 bits per heavy atom. The van der Waals surface area contributed by atoms with E-state index < -0.39 is 11.9 Å². The van der Waals surface area contributed by atoms with Gasteiger partial charge in [-0.3, -0.25) is 0 Å². The smallest absolute Gasteiger partial charge is 0.414 e. The molecule has 1 fully saturated rings. The number of ether oxygens (including phenoxy) is 1. The highest BCUT2D eigenvalue weighted by Crippen LogP contribution is 2.28. The minimum absolute atomic E-state index is 0.00268. The van der Waals surface area contributed by atoms with Crippen molar-refractivity contribution in [2.24, 2.45) is 0 Å². The molecule has 0 aliphatic carbocycles. The Morgan fingerprint density at radius 3 is 1.82 bits per heavy atom. The van der Waals surface area contributed by atoms with Crippen molar-refractivity contribution in [1.29, 1.82) is 0 Å². The molecule has 1 saturated heterocycles. The molecule has 34 heavy (non-hydrogen) atoms. The summed E-state index contributed by atoms with van der Waals surface area (Å²) < 4.78 is 6.42. The summed E-state index contributed by atoms with van der Waals surface area (Å²) >= 11 is 0. The van der Waals surface area contributed by atoms with Crippen LogP contribution in [0.3, 0.4) is 0 Å². The fourth-order valence-corrected chi connectivity index (χ4v) is 4.20. The van der Waals surface area contributed by atoms with Crippen molar-refractivity contribution in [2.45, 2.75) is 24.9 Å². The fraction of sp³-hybridized carbons (Fsp3) is 0.286. The lowest BCUT2D eigenvalue weighted by Crippen LogP contribution is -2.36. The van der Waals surface area contributed by atoms with Crippen LogP contribution in [-0.2, 0) is 14.3 Å². The average molecular weight is 462 g/mol. The van der Waals surface area contributed by atoms with Gasteiger partial charge >= 0.3 is 11.9 Å². The molecule has 0 spiro atoms.